The van der Waals surface area contributed by atoms with Gasteiger partial charge in [-0.1, -0.05) is 17.7 Å². The second-order valence-corrected chi connectivity index (χ2v) is 12.2. The highest BCUT2D eigenvalue weighted by atomic mass is 35.5. The van der Waals surface area contributed by atoms with Crippen LogP contribution in [0.4, 0.5) is 15.2 Å². The smallest absolute Gasteiger partial charge is 0.281 e. The summed E-state index contributed by atoms with van der Waals surface area (Å²) in [4.78, 5) is 13.9. The van der Waals surface area contributed by atoms with Crippen molar-refractivity contribution in [2.45, 2.75) is 31.2 Å². The Morgan fingerprint density at radius 3 is 2.77 bits per heavy atom. The Morgan fingerprint density at radius 1 is 1.28 bits per heavy atom. The number of benzene rings is 2. The van der Waals surface area contributed by atoms with Crippen LogP contribution in [0.2, 0.25) is 5.02 Å². The molecule has 0 spiro atoms. The first-order valence-electron chi connectivity index (χ1n) is 12.0. The Balaban J connectivity index is 1.39. The van der Waals surface area contributed by atoms with Crippen molar-refractivity contribution < 1.29 is 22.7 Å². The minimum absolute atomic E-state index is 0.0239. The van der Waals surface area contributed by atoms with Crippen LogP contribution < -0.4 is 9.46 Å². The third kappa shape index (κ3) is 6.05. The summed E-state index contributed by atoms with van der Waals surface area (Å²) >= 11 is 7.24. The fraction of sp³-hybridized carbons (Fsp3) is 0.222. The molecule has 2 heterocycles. The Bertz CT molecular complexity index is 1690. The largest absolute Gasteiger partial charge is 0.504 e. The Morgan fingerprint density at radius 2 is 2.08 bits per heavy atom. The third-order valence-electron chi connectivity index (χ3n) is 6.16. The van der Waals surface area contributed by atoms with E-state index in [4.69, 9.17) is 16.3 Å². The molecule has 1 fully saturated rings. The number of phenols is 1. The number of nitrogens with zero attached hydrogens (tertiary/aromatic N) is 3. The van der Waals surface area contributed by atoms with Crippen LogP contribution in [0.15, 0.2) is 58.7 Å². The van der Waals surface area contributed by atoms with Gasteiger partial charge >= 0.3 is 0 Å². The molecule has 1 aliphatic carbocycles. The highest BCUT2D eigenvalue weighted by Gasteiger charge is 2.27. The molecule has 5 rings (SSSR count). The molecule has 8 nitrogen and oxygen atoms in total. The molecular weight excluding hydrogens is 563 g/mol. The Labute approximate surface area is 234 Å². The predicted molar refractivity (Wildman–Crippen MR) is 151 cm³/mol. The van der Waals surface area contributed by atoms with Gasteiger partial charge < -0.3 is 9.84 Å². The Hall–Kier alpha value is -3.54. The molecule has 0 bridgehead atoms. The summed E-state index contributed by atoms with van der Waals surface area (Å²) in [6.45, 7) is 1.62. The number of phenolic OH excluding ortho intramolecular Hbond substituents is 1. The summed E-state index contributed by atoms with van der Waals surface area (Å²) in [6.07, 6.45) is 5.76. The van der Waals surface area contributed by atoms with Gasteiger partial charge in [-0.2, -0.15) is 8.42 Å². The van der Waals surface area contributed by atoms with Gasteiger partial charge in [0.2, 0.25) is 0 Å². The van der Waals surface area contributed by atoms with Crippen LogP contribution in [-0.4, -0.2) is 36.8 Å². The van der Waals surface area contributed by atoms with Crippen molar-refractivity contribution in [3.05, 3.63) is 75.5 Å². The fourth-order valence-corrected chi connectivity index (χ4v) is 6.67. The first-order chi connectivity index (χ1) is 18.6. The first kappa shape index (κ1) is 27.0. The maximum absolute atomic E-state index is 13.7. The quantitative estimate of drug-likeness (QED) is 0.216. The molecule has 0 radical (unpaired) electrons. The lowest BCUT2D eigenvalue weighted by atomic mass is 10.1. The summed E-state index contributed by atoms with van der Waals surface area (Å²) < 4.78 is 47.9. The van der Waals surface area contributed by atoms with Gasteiger partial charge in [0.25, 0.3) is 10.0 Å². The minimum Gasteiger partial charge on any atom is -0.504 e. The molecule has 1 saturated carbocycles. The summed E-state index contributed by atoms with van der Waals surface area (Å²) in [6, 6.07) is 11.0. The molecule has 1 aliphatic rings. The molecule has 2 aromatic heterocycles. The monoisotopic (exact) mass is 586 g/mol. The summed E-state index contributed by atoms with van der Waals surface area (Å²) in [5, 5.41) is 10.2. The molecule has 0 amide bonds. The van der Waals surface area contributed by atoms with E-state index in [0.717, 1.165) is 24.1 Å². The second kappa shape index (κ2) is 10.9. The standard InChI is InChI=1S/C27H24ClFN4O4S2/c1-15-10-19(30-13-18-4-3-5-22(37-2)25(18)34)14-31-26(15)39(35,36)33-27-32-24(23(38-27)11-16-6-7-16)17-8-9-21(29)20(28)12-17/h3-5,8-10,12-14,16,34H,6-7,11H2,1-2H3,(H,32,33)/b30-13+. The number of ether oxygens (including phenoxy) is 1. The second-order valence-electron chi connectivity index (χ2n) is 9.14. The van der Waals surface area contributed by atoms with Crippen LogP contribution in [0.25, 0.3) is 11.3 Å². The number of halogens is 2. The van der Waals surface area contributed by atoms with E-state index in [0.29, 0.717) is 39.7 Å². The SMILES string of the molecule is COc1cccc(/C=N/c2cnc(S(=O)(=O)Nc3nc(-c4ccc(F)c(Cl)c4)c(CC4CC4)s3)c(C)c2)c1O. The van der Waals surface area contributed by atoms with Crippen LogP contribution in [0.3, 0.4) is 0 Å². The maximum atomic E-state index is 13.7. The minimum atomic E-state index is -4.06. The van der Waals surface area contributed by atoms with E-state index in [1.54, 1.807) is 37.3 Å². The molecular formula is C27H24ClFN4O4S2. The van der Waals surface area contributed by atoms with E-state index in [2.05, 4.69) is 19.7 Å². The Kier molecular flexibility index (Phi) is 7.57. The molecule has 39 heavy (non-hydrogen) atoms. The van der Waals surface area contributed by atoms with Crippen molar-refractivity contribution in [1.82, 2.24) is 9.97 Å². The number of hydrogen-bond donors (Lipinski definition) is 2. The zero-order valence-corrected chi connectivity index (χ0v) is 23.4. The van der Waals surface area contributed by atoms with Crippen molar-refractivity contribution in [3.8, 4) is 22.8 Å². The van der Waals surface area contributed by atoms with E-state index in [-0.39, 0.29) is 20.9 Å². The van der Waals surface area contributed by atoms with Crippen molar-refractivity contribution >= 4 is 50.0 Å². The van der Waals surface area contributed by atoms with E-state index >= 15 is 0 Å². The number of aromatic nitrogens is 2. The van der Waals surface area contributed by atoms with Crippen LogP contribution in [-0.2, 0) is 16.4 Å². The number of para-hydroxylation sites is 1. The van der Waals surface area contributed by atoms with Crippen LogP contribution in [0.1, 0.15) is 28.8 Å². The van der Waals surface area contributed by atoms with Gasteiger partial charge in [0.05, 0.1) is 29.7 Å². The van der Waals surface area contributed by atoms with Gasteiger partial charge in [-0.15, -0.1) is 11.3 Å². The van der Waals surface area contributed by atoms with Gasteiger partial charge in [0.1, 0.15) is 5.82 Å². The zero-order valence-electron chi connectivity index (χ0n) is 21.0. The number of hydrogen-bond acceptors (Lipinski definition) is 8. The normalized spacial score (nSPS) is 13.6. The molecule has 2 N–H and O–H groups in total. The first-order valence-corrected chi connectivity index (χ1v) is 14.7. The number of anilines is 1. The van der Waals surface area contributed by atoms with Crippen molar-refractivity contribution in [1.29, 1.82) is 0 Å². The van der Waals surface area contributed by atoms with E-state index < -0.39 is 15.8 Å². The van der Waals surface area contributed by atoms with Gasteiger partial charge in [-0.05, 0) is 74.1 Å². The van der Waals surface area contributed by atoms with E-state index in [9.17, 15) is 17.9 Å². The number of aromatic hydroxyl groups is 1. The maximum Gasteiger partial charge on any atom is 0.281 e. The molecule has 0 aliphatic heterocycles. The number of pyridine rings is 1. The average molecular weight is 587 g/mol. The van der Waals surface area contributed by atoms with Gasteiger partial charge in [0.15, 0.2) is 21.7 Å². The van der Waals surface area contributed by atoms with E-state index in [1.807, 2.05) is 0 Å². The van der Waals surface area contributed by atoms with Gasteiger partial charge in [-0.3, -0.25) is 9.71 Å². The van der Waals surface area contributed by atoms with E-state index in [1.165, 1.54) is 43.0 Å². The lowest BCUT2D eigenvalue weighted by Crippen LogP contribution is -2.15. The predicted octanol–water partition coefficient (Wildman–Crippen LogP) is 6.52. The lowest BCUT2D eigenvalue weighted by molar-refractivity contribution is 0.373. The molecule has 0 saturated heterocycles. The number of thiazole rings is 1. The summed E-state index contributed by atoms with van der Waals surface area (Å²) in [5.74, 6) is 0.257. The summed E-state index contributed by atoms with van der Waals surface area (Å²) in [7, 11) is -2.61. The molecule has 202 valence electrons. The third-order valence-corrected chi connectivity index (χ3v) is 8.97. The fourth-order valence-electron chi connectivity index (χ4n) is 4.00. The van der Waals surface area contributed by atoms with Crippen LogP contribution >= 0.6 is 22.9 Å². The topological polar surface area (TPSA) is 114 Å². The molecule has 2 aromatic carbocycles. The molecule has 4 aromatic rings. The molecule has 0 unspecified atom stereocenters. The van der Waals surface area contributed by atoms with Crippen LogP contribution in [0, 0.1) is 18.7 Å². The van der Waals surface area contributed by atoms with Crippen LogP contribution in [0.5, 0.6) is 11.5 Å². The van der Waals surface area contributed by atoms with Crippen molar-refractivity contribution in [3.63, 3.8) is 0 Å². The van der Waals surface area contributed by atoms with Gasteiger partial charge in [0, 0.05) is 22.2 Å². The number of methoxy groups -OCH3 is 1. The average Bonchev–Trinajstić information content (AvgIpc) is 3.63. The van der Waals surface area contributed by atoms with Crippen molar-refractivity contribution in [2.24, 2.45) is 10.9 Å². The summed E-state index contributed by atoms with van der Waals surface area (Å²) in [5.41, 5.74) is 2.44. The highest BCUT2D eigenvalue weighted by Crippen LogP contribution is 2.40. The number of nitrogens with one attached hydrogen (secondary N) is 1. The molecule has 12 heteroatoms. The molecule has 0 atom stereocenters. The zero-order chi connectivity index (χ0) is 27.7. The van der Waals surface area contributed by atoms with Gasteiger partial charge in [-0.25, -0.2) is 14.4 Å². The number of sulfonamides is 1. The highest BCUT2D eigenvalue weighted by molar-refractivity contribution is 7.92. The number of rotatable bonds is 9. The lowest BCUT2D eigenvalue weighted by Gasteiger charge is -2.08. The number of aryl methyl sites for hydroxylation is 1. The number of aliphatic imine (C=N–C) groups is 1. The van der Waals surface area contributed by atoms with Crippen molar-refractivity contribution in [2.75, 3.05) is 11.8 Å².